The molecule has 0 aliphatic heterocycles. The highest BCUT2D eigenvalue weighted by molar-refractivity contribution is 6.04. The molecular formula is C19H13F3N2O3. The summed E-state index contributed by atoms with van der Waals surface area (Å²) in [6.07, 6.45) is -3.02. The quantitative estimate of drug-likeness (QED) is 0.685. The van der Waals surface area contributed by atoms with Crippen molar-refractivity contribution in [1.82, 2.24) is 4.98 Å². The molecule has 3 aromatic rings. The summed E-state index contributed by atoms with van der Waals surface area (Å²) < 4.78 is 43.1. The first-order valence-corrected chi connectivity index (χ1v) is 7.73. The van der Waals surface area contributed by atoms with Crippen molar-refractivity contribution in [3.63, 3.8) is 0 Å². The molecule has 8 heteroatoms. The molecule has 0 saturated heterocycles. The van der Waals surface area contributed by atoms with Gasteiger partial charge in [-0.15, -0.1) is 0 Å². The number of alkyl halides is 3. The second-order valence-corrected chi connectivity index (χ2v) is 5.47. The summed E-state index contributed by atoms with van der Waals surface area (Å²) in [6, 6.07) is 13.4. The summed E-state index contributed by atoms with van der Waals surface area (Å²) in [5.74, 6) is -0.187. The Morgan fingerprint density at radius 3 is 2.11 bits per heavy atom. The maximum absolute atomic E-state index is 12.5. The molecule has 0 aliphatic carbocycles. The summed E-state index contributed by atoms with van der Waals surface area (Å²) in [6.45, 7) is 0. The molecule has 3 rings (SSSR count). The van der Waals surface area contributed by atoms with Gasteiger partial charge in [-0.25, -0.2) is 4.98 Å². The Balaban J connectivity index is 1.65. The third-order valence-electron chi connectivity index (χ3n) is 3.53. The highest BCUT2D eigenvalue weighted by Crippen LogP contribution is 2.31. The summed E-state index contributed by atoms with van der Waals surface area (Å²) in [5.41, 5.74) is -0.432. The zero-order valence-electron chi connectivity index (χ0n) is 13.7. The first-order chi connectivity index (χ1) is 12.8. The lowest BCUT2D eigenvalue weighted by Crippen LogP contribution is -2.13. The van der Waals surface area contributed by atoms with Crippen molar-refractivity contribution in [1.29, 1.82) is 0 Å². The van der Waals surface area contributed by atoms with Crippen LogP contribution in [0.1, 0.15) is 16.1 Å². The number of anilines is 1. The van der Waals surface area contributed by atoms with E-state index in [1.54, 1.807) is 24.3 Å². The number of halogens is 3. The molecule has 138 valence electrons. The Labute approximate surface area is 152 Å². The van der Waals surface area contributed by atoms with Gasteiger partial charge in [0.15, 0.2) is 5.69 Å². The molecule has 0 saturated carbocycles. The number of carbonyl (C=O) groups excluding carboxylic acids is 1. The molecule has 5 nitrogen and oxygen atoms in total. The van der Waals surface area contributed by atoms with Crippen LogP contribution in [0, 0.1) is 0 Å². The van der Waals surface area contributed by atoms with Gasteiger partial charge < -0.3 is 15.2 Å². The highest BCUT2D eigenvalue weighted by atomic mass is 19.4. The van der Waals surface area contributed by atoms with Gasteiger partial charge in [-0.2, -0.15) is 13.2 Å². The lowest BCUT2D eigenvalue weighted by Gasteiger charge is -2.10. The maximum atomic E-state index is 12.5. The van der Waals surface area contributed by atoms with Crippen LogP contribution in [0.25, 0.3) is 0 Å². The minimum Gasteiger partial charge on any atom is -0.505 e. The molecule has 27 heavy (non-hydrogen) atoms. The summed E-state index contributed by atoms with van der Waals surface area (Å²) in [5, 5.41) is 12.2. The van der Waals surface area contributed by atoms with E-state index >= 15 is 0 Å². The van der Waals surface area contributed by atoms with Crippen LogP contribution in [0.2, 0.25) is 0 Å². The minimum atomic E-state index is -4.40. The molecule has 1 aromatic heterocycles. The predicted octanol–water partition coefficient (Wildman–Crippen LogP) is 4.85. The number of benzene rings is 2. The van der Waals surface area contributed by atoms with Crippen molar-refractivity contribution in [3.8, 4) is 17.2 Å². The SMILES string of the molecule is O=C(Nc1ccc(Oc2ccc(C(F)(F)F)cc2)cc1)c1ncccc1O. The van der Waals surface area contributed by atoms with Crippen molar-refractivity contribution in [2.24, 2.45) is 0 Å². The fourth-order valence-corrected chi connectivity index (χ4v) is 2.22. The Hall–Kier alpha value is -3.55. The first kappa shape index (κ1) is 18.2. The van der Waals surface area contributed by atoms with Crippen LogP contribution < -0.4 is 10.1 Å². The van der Waals surface area contributed by atoms with Crippen molar-refractivity contribution in [2.75, 3.05) is 5.32 Å². The number of pyridine rings is 1. The Morgan fingerprint density at radius 1 is 0.963 bits per heavy atom. The van der Waals surface area contributed by atoms with Gasteiger partial charge in [-0.1, -0.05) is 0 Å². The molecular weight excluding hydrogens is 361 g/mol. The van der Waals surface area contributed by atoms with E-state index in [4.69, 9.17) is 4.74 Å². The van der Waals surface area contributed by atoms with Crippen molar-refractivity contribution < 1.29 is 27.8 Å². The maximum Gasteiger partial charge on any atom is 0.416 e. The fourth-order valence-electron chi connectivity index (χ4n) is 2.22. The highest BCUT2D eigenvalue weighted by Gasteiger charge is 2.30. The molecule has 2 N–H and O–H groups in total. The number of ether oxygens (including phenoxy) is 1. The second-order valence-electron chi connectivity index (χ2n) is 5.47. The van der Waals surface area contributed by atoms with Crippen molar-refractivity contribution in [2.45, 2.75) is 6.18 Å². The van der Waals surface area contributed by atoms with Crippen LogP contribution in [-0.2, 0) is 6.18 Å². The largest absolute Gasteiger partial charge is 0.505 e. The van der Waals surface area contributed by atoms with Crippen LogP contribution in [0.3, 0.4) is 0 Å². The average Bonchev–Trinajstić information content (AvgIpc) is 2.63. The normalized spacial score (nSPS) is 11.1. The number of carbonyl (C=O) groups is 1. The number of aromatic nitrogens is 1. The number of nitrogens with one attached hydrogen (secondary N) is 1. The van der Waals surface area contributed by atoms with Crippen LogP contribution in [0.4, 0.5) is 18.9 Å². The van der Waals surface area contributed by atoms with Gasteiger partial charge in [0.2, 0.25) is 0 Å². The van der Waals surface area contributed by atoms with Gasteiger partial charge >= 0.3 is 6.18 Å². The molecule has 2 aromatic carbocycles. The molecule has 0 spiro atoms. The third-order valence-corrected chi connectivity index (χ3v) is 3.53. The third kappa shape index (κ3) is 4.55. The number of rotatable bonds is 4. The van der Waals surface area contributed by atoms with Gasteiger partial charge in [0.1, 0.15) is 17.2 Å². The Bertz CT molecular complexity index is 940. The standard InChI is InChI=1S/C19H13F3N2O3/c20-19(21,22)12-3-7-14(8-4-12)27-15-9-5-13(6-10-15)24-18(26)17-16(25)2-1-11-23-17/h1-11,25H,(H,24,26). The zero-order valence-corrected chi connectivity index (χ0v) is 13.7. The molecule has 0 unspecified atom stereocenters. The Kier molecular flexibility index (Phi) is 4.98. The number of hydrogen-bond acceptors (Lipinski definition) is 4. The molecule has 0 aliphatic rings. The van der Waals surface area contributed by atoms with Crippen molar-refractivity contribution in [3.05, 3.63) is 78.1 Å². The van der Waals surface area contributed by atoms with E-state index in [2.05, 4.69) is 10.3 Å². The molecule has 0 bridgehead atoms. The molecule has 0 atom stereocenters. The summed E-state index contributed by atoms with van der Waals surface area (Å²) in [4.78, 5) is 15.9. The molecule has 1 heterocycles. The lowest BCUT2D eigenvalue weighted by atomic mass is 10.2. The average molecular weight is 374 g/mol. The second kappa shape index (κ2) is 7.36. The van der Waals surface area contributed by atoms with E-state index in [-0.39, 0.29) is 17.2 Å². The van der Waals surface area contributed by atoms with E-state index in [1.165, 1.54) is 30.5 Å². The zero-order chi connectivity index (χ0) is 19.4. The van der Waals surface area contributed by atoms with Gasteiger partial charge in [0.25, 0.3) is 5.91 Å². The van der Waals surface area contributed by atoms with E-state index in [9.17, 15) is 23.1 Å². The molecule has 0 fully saturated rings. The van der Waals surface area contributed by atoms with Crippen molar-refractivity contribution >= 4 is 11.6 Å². The smallest absolute Gasteiger partial charge is 0.416 e. The van der Waals surface area contributed by atoms with Crippen LogP contribution in [0.5, 0.6) is 17.2 Å². The van der Waals surface area contributed by atoms with E-state index < -0.39 is 17.6 Å². The monoisotopic (exact) mass is 374 g/mol. The lowest BCUT2D eigenvalue weighted by molar-refractivity contribution is -0.137. The van der Waals surface area contributed by atoms with E-state index in [0.29, 0.717) is 11.4 Å². The van der Waals surface area contributed by atoms with Gasteiger partial charge in [0.05, 0.1) is 5.56 Å². The minimum absolute atomic E-state index is 0.109. The predicted molar refractivity (Wildman–Crippen MR) is 91.8 cm³/mol. The first-order valence-electron chi connectivity index (χ1n) is 7.73. The topological polar surface area (TPSA) is 71.5 Å². The number of hydrogen-bond donors (Lipinski definition) is 2. The Morgan fingerprint density at radius 2 is 1.56 bits per heavy atom. The number of aromatic hydroxyl groups is 1. The van der Waals surface area contributed by atoms with Crippen LogP contribution >= 0.6 is 0 Å². The van der Waals surface area contributed by atoms with Gasteiger partial charge in [-0.05, 0) is 60.7 Å². The van der Waals surface area contributed by atoms with E-state index in [0.717, 1.165) is 12.1 Å². The number of amides is 1. The van der Waals surface area contributed by atoms with Crippen LogP contribution in [0.15, 0.2) is 66.9 Å². The molecule has 1 amide bonds. The molecule has 0 radical (unpaired) electrons. The van der Waals surface area contributed by atoms with Crippen LogP contribution in [-0.4, -0.2) is 16.0 Å². The fraction of sp³-hybridized carbons (Fsp3) is 0.0526. The van der Waals surface area contributed by atoms with E-state index in [1.807, 2.05) is 0 Å². The number of nitrogens with zero attached hydrogens (tertiary/aromatic N) is 1. The summed E-state index contributed by atoms with van der Waals surface area (Å²) in [7, 11) is 0. The van der Waals surface area contributed by atoms with Gasteiger partial charge in [-0.3, -0.25) is 4.79 Å². The summed E-state index contributed by atoms with van der Waals surface area (Å²) >= 11 is 0. The van der Waals surface area contributed by atoms with Gasteiger partial charge in [0, 0.05) is 11.9 Å².